The molecule has 6 heteroatoms. The predicted molar refractivity (Wildman–Crippen MR) is 71.5 cm³/mol. The summed E-state index contributed by atoms with van der Waals surface area (Å²) in [6.45, 7) is 1.16. The van der Waals surface area contributed by atoms with Gasteiger partial charge >= 0.3 is 6.03 Å². The van der Waals surface area contributed by atoms with Crippen LogP contribution in [0, 0.1) is 0 Å². The Labute approximate surface area is 116 Å². The molecule has 0 saturated carbocycles. The molecule has 1 aliphatic rings. The van der Waals surface area contributed by atoms with E-state index < -0.39 is 0 Å². The van der Waals surface area contributed by atoms with Gasteiger partial charge in [-0.15, -0.1) is 0 Å². The molecule has 0 atom stereocenters. The van der Waals surface area contributed by atoms with E-state index in [0.29, 0.717) is 28.9 Å². The summed E-state index contributed by atoms with van der Waals surface area (Å²) in [7, 11) is 3.46. The fourth-order valence-corrected chi connectivity index (χ4v) is 2.16. The number of rotatable bonds is 2. The van der Waals surface area contributed by atoms with Crippen molar-refractivity contribution in [3.05, 3.63) is 28.2 Å². The zero-order valence-electron chi connectivity index (χ0n) is 10.2. The molecule has 98 valence electrons. The van der Waals surface area contributed by atoms with Gasteiger partial charge in [0.1, 0.15) is 11.9 Å². The van der Waals surface area contributed by atoms with Gasteiger partial charge in [-0.05, 0) is 18.2 Å². The third kappa shape index (κ3) is 2.82. The largest absolute Gasteiger partial charge is 0.485 e. The Bertz CT molecular complexity index is 459. The van der Waals surface area contributed by atoms with Crippen LogP contribution in [0.1, 0.15) is 0 Å². The lowest BCUT2D eigenvalue weighted by Crippen LogP contribution is -2.58. The number of ether oxygens (including phenoxy) is 1. The van der Waals surface area contributed by atoms with Gasteiger partial charge in [0, 0.05) is 19.1 Å². The molecular formula is C12H14Cl2N2O2. The Kier molecular flexibility index (Phi) is 3.88. The van der Waals surface area contributed by atoms with E-state index >= 15 is 0 Å². The van der Waals surface area contributed by atoms with Crippen LogP contribution in [0.5, 0.6) is 5.75 Å². The predicted octanol–water partition coefficient (Wildman–Crippen LogP) is 2.74. The molecule has 0 radical (unpaired) electrons. The molecule has 0 N–H and O–H groups in total. The van der Waals surface area contributed by atoms with Gasteiger partial charge in [-0.25, -0.2) is 4.79 Å². The molecule has 1 aliphatic heterocycles. The molecule has 0 bridgehead atoms. The second-order valence-corrected chi connectivity index (χ2v) is 5.24. The number of hydrogen-bond donors (Lipinski definition) is 0. The zero-order chi connectivity index (χ0) is 13.3. The molecule has 18 heavy (non-hydrogen) atoms. The summed E-state index contributed by atoms with van der Waals surface area (Å²) in [6.07, 6.45) is -0.00687. The van der Waals surface area contributed by atoms with Gasteiger partial charge in [0.15, 0.2) is 0 Å². The lowest BCUT2D eigenvalue weighted by molar-refractivity contribution is 0.0357. The first-order valence-electron chi connectivity index (χ1n) is 5.55. The van der Waals surface area contributed by atoms with Gasteiger partial charge in [-0.2, -0.15) is 0 Å². The summed E-state index contributed by atoms with van der Waals surface area (Å²) >= 11 is 11.8. The van der Waals surface area contributed by atoms with E-state index in [-0.39, 0.29) is 12.1 Å². The summed E-state index contributed by atoms with van der Waals surface area (Å²) in [5, 5.41) is 1.06. The Morgan fingerprint density at radius 1 is 1.39 bits per heavy atom. The minimum atomic E-state index is -0.00687. The summed E-state index contributed by atoms with van der Waals surface area (Å²) in [4.78, 5) is 14.9. The highest BCUT2D eigenvalue weighted by Crippen LogP contribution is 2.29. The number of amides is 2. The lowest BCUT2D eigenvalue weighted by atomic mass is 10.2. The zero-order valence-corrected chi connectivity index (χ0v) is 11.7. The van der Waals surface area contributed by atoms with Crippen molar-refractivity contribution in [2.75, 3.05) is 27.2 Å². The number of carbonyl (C=O) groups excluding carboxylic acids is 1. The Morgan fingerprint density at radius 3 is 2.61 bits per heavy atom. The van der Waals surface area contributed by atoms with Crippen LogP contribution in [0.25, 0.3) is 0 Å². The second-order valence-electron chi connectivity index (χ2n) is 4.40. The fourth-order valence-electron chi connectivity index (χ4n) is 1.70. The van der Waals surface area contributed by atoms with Gasteiger partial charge in [-0.3, -0.25) is 0 Å². The van der Waals surface area contributed by atoms with E-state index in [0.717, 1.165) is 0 Å². The van der Waals surface area contributed by atoms with Gasteiger partial charge in [0.05, 0.1) is 18.1 Å². The number of likely N-dealkylation sites (tertiary alicyclic amines) is 1. The van der Waals surface area contributed by atoms with Crippen LogP contribution in [0.4, 0.5) is 4.79 Å². The molecule has 2 amide bonds. The molecule has 1 saturated heterocycles. The molecule has 1 fully saturated rings. The van der Waals surface area contributed by atoms with Crippen molar-refractivity contribution in [1.29, 1.82) is 0 Å². The highest BCUT2D eigenvalue weighted by molar-refractivity contribution is 6.35. The van der Waals surface area contributed by atoms with Gasteiger partial charge in [0.25, 0.3) is 0 Å². The molecular weight excluding hydrogens is 275 g/mol. The first kappa shape index (κ1) is 13.3. The van der Waals surface area contributed by atoms with Crippen molar-refractivity contribution in [3.63, 3.8) is 0 Å². The van der Waals surface area contributed by atoms with Gasteiger partial charge < -0.3 is 14.5 Å². The topological polar surface area (TPSA) is 32.8 Å². The van der Waals surface area contributed by atoms with Crippen molar-refractivity contribution >= 4 is 29.2 Å². The molecule has 4 nitrogen and oxygen atoms in total. The maximum absolute atomic E-state index is 11.6. The number of urea groups is 1. The van der Waals surface area contributed by atoms with Crippen LogP contribution < -0.4 is 4.74 Å². The SMILES string of the molecule is CN(C)C(=O)N1CC(Oc2ccc(Cl)cc2Cl)C1. The molecule has 0 spiro atoms. The third-order valence-corrected chi connectivity index (χ3v) is 3.22. The average Bonchev–Trinajstić information content (AvgIpc) is 2.24. The number of nitrogens with zero attached hydrogens (tertiary/aromatic N) is 2. The van der Waals surface area contributed by atoms with E-state index in [2.05, 4.69) is 0 Å². The molecule has 0 unspecified atom stereocenters. The molecule has 2 rings (SSSR count). The van der Waals surface area contributed by atoms with Crippen LogP contribution >= 0.6 is 23.2 Å². The van der Waals surface area contributed by atoms with E-state index in [1.165, 1.54) is 0 Å². The minimum Gasteiger partial charge on any atom is -0.485 e. The van der Waals surface area contributed by atoms with Crippen LogP contribution in [-0.4, -0.2) is 49.1 Å². The third-order valence-electron chi connectivity index (χ3n) is 2.69. The standard InChI is InChI=1S/C12H14Cl2N2O2/c1-15(2)12(17)16-6-9(7-16)18-11-4-3-8(13)5-10(11)14/h3-5,9H,6-7H2,1-2H3. The smallest absolute Gasteiger partial charge is 0.319 e. The molecule has 1 aromatic rings. The summed E-state index contributed by atoms with van der Waals surface area (Å²) < 4.78 is 5.69. The van der Waals surface area contributed by atoms with Crippen molar-refractivity contribution in [2.24, 2.45) is 0 Å². The van der Waals surface area contributed by atoms with Crippen molar-refractivity contribution in [3.8, 4) is 5.75 Å². The average molecular weight is 289 g/mol. The first-order valence-corrected chi connectivity index (χ1v) is 6.31. The second kappa shape index (κ2) is 5.24. The first-order chi connectivity index (χ1) is 8.47. The Hall–Kier alpha value is -1.13. The highest BCUT2D eigenvalue weighted by Gasteiger charge is 2.33. The highest BCUT2D eigenvalue weighted by atomic mass is 35.5. The minimum absolute atomic E-state index is 0.00273. The Balaban J connectivity index is 1.89. The number of carbonyl (C=O) groups is 1. The number of benzene rings is 1. The van der Waals surface area contributed by atoms with E-state index in [1.54, 1.807) is 42.1 Å². The van der Waals surface area contributed by atoms with E-state index in [9.17, 15) is 4.79 Å². The molecule has 1 aromatic carbocycles. The Morgan fingerprint density at radius 2 is 2.06 bits per heavy atom. The van der Waals surface area contributed by atoms with Crippen LogP contribution in [0.3, 0.4) is 0 Å². The summed E-state index contributed by atoms with van der Waals surface area (Å²) in [5.41, 5.74) is 0. The van der Waals surface area contributed by atoms with E-state index in [4.69, 9.17) is 27.9 Å². The summed E-state index contributed by atoms with van der Waals surface area (Å²) in [5.74, 6) is 0.600. The monoisotopic (exact) mass is 288 g/mol. The van der Waals surface area contributed by atoms with Crippen molar-refractivity contribution in [2.45, 2.75) is 6.10 Å². The molecule has 0 aromatic heterocycles. The van der Waals surface area contributed by atoms with E-state index in [1.807, 2.05) is 0 Å². The molecule has 1 heterocycles. The maximum Gasteiger partial charge on any atom is 0.319 e. The lowest BCUT2D eigenvalue weighted by Gasteiger charge is -2.40. The quantitative estimate of drug-likeness (QED) is 0.838. The fraction of sp³-hybridized carbons (Fsp3) is 0.417. The summed E-state index contributed by atoms with van der Waals surface area (Å²) in [6, 6.07) is 5.10. The van der Waals surface area contributed by atoms with Gasteiger partial charge in [-0.1, -0.05) is 23.2 Å². The van der Waals surface area contributed by atoms with Crippen LogP contribution in [0.2, 0.25) is 10.0 Å². The van der Waals surface area contributed by atoms with Crippen molar-refractivity contribution in [1.82, 2.24) is 9.80 Å². The maximum atomic E-state index is 11.6. The molecule has 0 aliphatic carbocycles. The van der Waals surface area contributed by atoms with Crippen LogP contribution in [-0.2, 0) is 0 Å². The normalized spacial score (nSPS) is 15.2. The number of hydrogen-bond acceptors (Lipinski definition) is 2. The van der Waals surface area contributed by atoms with Gasteiger partial charge in [0.2, 0.25) is 0 Å². The number of halogens is 2. The van der Waals surface area contributed by atoms with Crippen LogP contribution in [0.15, 0.2) is 18.2 Å². The van der Waals surface area contributed by atoms with Crippen molar-refractivity contribution < 1.29 is 9.53 Å².